The van der Waals surface area contributed by atoms with Gasteiger partial charge in [-0.25, -0.2) is 4.68 Å². The zero-order valence-corrected chi connectivity index (χ0v) is 15.9. The molecule has 2 N–H and O–H groups in total. The van der Waals surface area contributed by atoms with Crippen molar-refractivity contribution in [1.82, 2.24) is 15.2 Å². The molecule has 0 bridgehead atoms. The zero-order valence-electron chi connectivity index (χ0n) is 15.9. The molecule has 0 fully saturated rings. The molecule has 29 heavy (non-hydrogen) atoms. The lowest BCUT2D eigenvalue weighted by atomic mass is 10.1. The van der Waals surface area contributed by atoms with Gasteiger partial charge in [-0.15, -0.1) is 0 Å². The number of rotatable bonds is 6. The summed E-state index contributed by atoms with van der Waals surface area (Å²) in [7, 11) is 1.61. The summed E-state index contributed by atoms with van der Waals surface area (Å²) in [6.45, 7) is 0. The van der Waals surface area contributed by atoms with Gasteiger partial charge in [-0.3, -0.25) is 15.6 Å². The summed E-state index contributed by atoms with van der Waals surface area (Å²) in [5, 5.41) is 4.67. The Morgan fingerprint density at radius 1 is 0.931 bits per heavy atom. The SMILES string of the molecule is COc1cccc(-c2nn(-c3ccccc3)cc2C(=O)NNc2ccccc2)c1. The predicted molar refractivity (Wildman–Crippen MR) is 113 cm³/mol. The maximum atomic E-state index is 13.0. The molecule has 0 aliphatic carbocycles. The number of para-hydroxylation sites is 2. The zero-order chi connectivity index (χ0) is 20.1. The Labute approximate surface area is 168 Å². The van der Waals surface area contributed by atoms with E-state index >= 15 is 0 Å². The first kappa shape index (κ1) is 18.3. The second-order valence-electron chi connectivity index (χ2n) is 6.35. The normalized spacial score (nSPS) is 10.4. The number of benzene rings is 3. The average molecular weight is 384 g/mol. The fraction of sp³-hybridized carbons (Fsp3) is 0.0435. The number of hydrogen-bond acceptors (Lipinski definition) is 4. The molecule has 4 aromatic rings. The number of carbonyl (C=O) groups excluding carboxylic acids is 1. The maximum absolute atomic E-state index is 13.0. The molecular formula is C23H20N4O2. The number of hydrazine groups is 1. The highest BCUT2D eigenvalue weighted by Gasteiger charge is 2.19. The van der Waals surface area contributed by atoms with E-state index in [1.807, 2.05) is 84.9 Å². The third-order valence-electron chi connectivity index (χ3n) is 4.42. The standard InChI is InChI=1S/C23H20N4O2/c1-29-20-14-8-9-17(15-20)22-21(16-27(26-22)19-12-6-3-7-13-19)23(28)25-24-18-10-4-2-5-11-18/h2-16,24H,1H3,(H,25,28). The molecule has 0 aliphatic rings. The number of amides is 1. The van der Waals surface area contributed by atoms with Gasteiger partial charge in [0.25, 0.3) is 5.91 Å². The molecule has 6 nitrogen and oxygen atoms in total. The van der Waals surface area contributed by atoms with Gasteiger partial charge in [-0.05, 0) is 36.4 Å². The molecule has 1 heterocycles. The molecule has 0 atom stereocenters. The van der Waals surface area contributed by atoms with Crippen LogP contribution in [-0.2, 0) is 0 Å². The predicted octanol–water partition coefficient (Wildman–Crippen LogP) is 4.30. The van der Waals surface area contributed by atoms with E-state index in [0.717, 1.165) is 16.9 Å². The molecule has 0 radical (unpaired) electrons. The lowest BCUT2D eigenvalue weighted by Crippen LogP contribution is -2.29. The molecule has 1 amide bonds. The quantitative estimate of drug-likeness (QED) is 0.486. The molecule has 6 heteroatoms. The van der Waals surface area contributed by atoms with Gasteiger partial charge >= 0.3 is 0 Å². The van der Waals surface area contributed by atoms with Crippen LogP contribution in [0.15, 0.2) is 91.1 Å². The summed E-state index contributed by atoms with van der Waals surface area (Å²) < 4.78 is 7.03. The van der Waals surface area contributed by atoms with Crippen LogP contribution in [0.2, 0.25) is 0 Å². The molecule has 0 saturated heterocycles. The van der Waals surface area contributed by atoms with Crippen LogP contribution in [0.25, 0.3) is 16.9 Å². The molecule has 1 aromatic heterocycles. The first-order chi connectivity index (χ1) is 14.2. The lowest BCUT2D eigenvalue weighted by Gasteiger charge is -2.08. The van der Waals surface area contributed by atoms with Crippen molar-refractivity contribution in [1.29, 1.82) is 0 Å². The Kier molecular flexibility index (Phi) is 5.25. The van der Waals surface area contributed by atoms with Crippen LogP contribution >= 0.6 is 0 Å². The number of hydrogen-bond donors (Lipinski definition) is 2. The summed E-state index contributed by atoms with van der Waals surface area (Å²) in [6.07, 6.45) is 1.73. The summed E-state index contributed by atoms with van der Waals surface area (Å²) >= 11 is 0. The highest BCUT2D eigenvalue weighted by Crippen LogP contribution is 2.27. The molecule has 0 spiro atoms. The monoisotopic (exact) mass is 384 g/mol. The number of methoxy groups -OCH3 is 1. The van der Waals surface area contributed by atoms with E-state index in [9.17, 15) is 4.79 Å². The second-order valence-corrected chi connectivity index (χ2v) is 6.35. The number of nitrogens with zero attached hydrogens (tertiary/aromatic N) is 2. The van der Waals surface area contributed by atoms with Crippen molar-refractivity contribution >= 4 is 11.6 Å². The molecule has 3 aromatic carbocycles. The molecular weight excluding hydrogens is 364 g/mol. The summed E-state index contributed by atoms with van der Waals surface area (Å²) in [5.74, 6) is 0.416. The second kappa shape index (κ2) is 8.31. The third-order valence-corrected chi connectivity index (χ3v) is 4.42. The summed E-state index contributed by atoms with van der Waals surface area (Å²) in [6, 6.07) is 26.6. The first-order valence-electron chi connectivity index (χ1n) is 9.15. The molecule has 0 aliphatic heterocycles. The summed E-state index contributed by atoms with van der Waals surface area (Å²) in [4.78, 5) is 13.0. The van der Waals surface area contributed by atoms with E-state index < -0.39 is 0 Å². The Balaban J connectivity index is 1.70. The molecule has 144 valence electrons. The Hall–Kier alpha value is -4.06. The number of carbonyl (C=O) groups is 1. The maximum Gasteiger partial charge on any atom is 0.273 e. The van der Waals surface area contributed by atoms with Gasteiger partial charge < -0.3 is 4.74 Å². The van der Waals surface area contributed by atoms with E-state index in [1.54, 1.807) is 18.0 Å². The van der Waals surface area contributed by atoms with Gasteiger partial charge in [0.05, 0.1) is 24.0 Å². The Morgan fingerprint density at radius 3 is 2.38 bits per heavy atom. The van der Waals surface area contributed by atoms with Crippen molar-refractivity contribution in [3.8, 4) is 22.7 Å². The number of anilines is 1. The van der Waals surface area contributed by atoms with Gasteiger partial charge in [-0.1, -0.05) is 48.5 Å². The van der Waals surface area contributed by atoms with Crippen LogP contribution in [-0.4, -0.2) is 22.8 Å². The minimum absolute atomic E-state index is 0.283. The highest BCUT2D eigenvalue weighted by atomic mass is 16.5. The van der Waals surface area contributed by atoms with Crippen molar-refractivity contribution in [3.05, 3.63) is 96.7 Å². The van der Waals surface area contributed by atoms with Crippen LogP contribution in [0, 0.1) is 0 Å². The van der Waals surface area contributed by atoms with Gasteiger partial charge in [0.15, 0.2) is 0 Å². The third kappa shape index (κ3) is 4.11. The van der Waals surface area contributed by atoms with Crippen molar-refractivity contribution in [3.63, 3.8) is 0 Å². The summed E-state index contributed by atoms with van der Waals surface area (Å²) in [5.41, 5.74) is 9.15. The molecule has 0 unspecified atom stereocenters. The Bertz CT molecular complexity index is 1110. The highest BCUT2D eigenvalue weighted by molar-refractivity contribution is 6.00. The fourth-order valence-corrected chi connectivity index (χ4v) is 2.95. The van der Waals surface area contributed by atoms with E-state index in [1.165, 1.54) is 0 Å². The van der Waals surface area contributed by atoms with Gasteiger partial charge in [0.1, 0.15) is 11.4 Å². The number of aromatic nitrogens is 2. The van der Waals surface area contributed by atoms with Crippen LogP contribution in [0.3, 0.4) is 0 Å². The molecule has 0 saturated carbocycles. The van der Waals surface area contributed by atoms with Crippen LogP contribution in [0.1, 0.15) is 10.4 Å². The van der Waals surface area contributed by atoms with E-state index in [2.05, 4.69) is 16.0 Å². The van der Waals surface area contributed by atoms with E-state index in [0.29, 0.717) is 17.0 Å². The van der Waals surface area contributed by atoms with Gasteiger partial charge in [-0.2, -0.15) is 5.10 Å². The number of nitrogens with one attached hydrogen (secondary N) is 2. The van der Waals surface area contributed by atoms with Crippen molar-refractivity contribution in [2.45, 2.75) is 0 Å². The minimum Gasteiger partial charge on any atom is -0.497 e. The Morgan fingerprint density at radius 2 is 1.66 bits per heavy atom. The van der Waals surface area contributed by atoms with Crippen LogP contribution in [0.4, 0.5) is 5.69 Å². The van der Waals surface area contributed by atoms with Gasteiger partial charge in [0.2, 0.25) is 0 Å². The van der Waals surface area contributed by atoms with E-state index in [-0.39, 0.29) is 5.91 Å². The van der Waals surface area contributed by atoms with Crippen molar-refractivity contribution in [2.75, 3.05) is 12.5 Å². The van der Waals surface area contributed by atoms with Gasteiger partial charge in [0, 0.05) is 11.8 Å². The van der Waals surface area contributed by atoms with Crippen molar-refractivity contribution in [2.24, 2.45) is 0 Å². The average Bonchev–Trinajstić information content (AvgIpc) is 3.24. The topological polar surface area (TPSA) is 68.2 Å². The van der Waals surface area contributed by atoms with Crippen LogP contribution < -0.4 is 15.6 Å². The van der Waals surface area contributed by atoms with E-state index in [4.69, 9.17) is 4.74 Å². The molecule has 4 rings (SSSR count). The number of ether oxygens (including phenoxy) is 1. The van der Waals surface area contributed by atoms with Crippen molar-refractivity contribution < 1.29 is 9.53 Å². The lowest BCUT2D eigenvalue weighted by molar-refractivity contribution is 0.0963. The smallest absolute Gasteiger partial charge is 0.273 e. The minimum atomic E-state index is -0.283. The first-order valence-corrected chi connectivity index (χ1v) is 9.15. The largest absolute Gasteiger partial charge is 0.497 e. The fourth-order valence-electron chi connectivity index (χ4n) is 2.95. The van der Waals surface area contributed by atoms with Crippen LogP contribution in [0.5, 0.6) is 5.75 Å².